The summed E-state index contributed by atoms with van der Waals surface area (Å²) < 4.78 is 14.0. The molecule has 2 atom stereocenters. The number of nitrogens with zero attached hydrogens (tertiary/aromatic N) is 4. The van der Waals surface area contributed by atoms with Crippen LogP contribution in [0.25, 0.3) is 0 Å². The van der Waals surface area contributed by atoms with Gasteiger partial charge in [0, 0.05) is 87.5 Å². The second-order valence-electron chi connectivity index (χ2n) is 11.1. The smallest absolute Gasteiger partial charge is 0.328 e. The molecule has 42 heavy (non-hydrogen) atoms. The standard InChI is InChI=1S/C27H34ClFN4O.C4H4O4/c1-19(2)33-15-14-32(27(33)34)13-10-30-8-11-31(12-9-30)26-18-24(20-4-3-5-22(29)16-20)25-17-21(28)6-7-23(25)26;5-3(6)1-2-4(7)8/h3-7,16-17,19,24,26H,8-15,18H2,1-2H3;1-2H,(H,5,6)(H,7,8)/b;2-1-. The summed E-state index contributed by atoms with van der Waals surface area (Å²) in [5, 5.41) is 16.4. The summed E-state index contributed by atoms with van der Waals surface area (Å²) in [5.74, 6) is -2.54. The molecule has 0 spiro atoms. The molecular formula is C31H38ClFN4O5. The molecule has 2 aliphatic heterocycles. The Morgan fingerprint density at radius 2 is 1.64 bits per heavy atom. The van der Waals surface area contributed by atoms with E-state index in [1.807, 2.05) is 21.9 Å². The molecule has 0 saturated carbocycles. The fourth-order valence-corrected chi connectivity index (χ4v) is 6.18. The molecule has 0 bridgehead atoms. The number of hydrogen-bond donors (Lipinski definition) is 2. The van der Waals surface area contributed by atoms with Crippen molar-refractivity contribution < 1.29 is 29.0 Å². The molecule has 2 saturated heterocycles. The van der Waals surface area contributed by atoms with Crippen molar-refractivity contribution in [3.8, 4) is 0 Å². The molecule has 2 N–H and O–H groups in total. The first-order valence-electron chi connectivity index (χ1n) is 14.2. The number of halogens is 2. The lowest BCUT2D eigenvalue weighted by atomic mass is 9.93. The number of rotatable bonds is 8. The van der Waals surface area contributed by atoms with E-state index in [4.69, 9.17) is 21.8 Å². The molecule has 2 fully saturated rings. The lowest BCUT2D eigenvalue weighted by molar-refractivity contribution is -0.134. The zero-order valence-electron chi connectivity index (χ0n) is 24.0. The van der Waals surface area contributed by atoms with Crippen LogP contribution in [0.15, 0.2) is 54.6 Å². The number of benzene rings is 2. The van der Waals surface area contributed by atoms with Gasteiger partial charge in [0.2, 0.25) is 0 Å². The molecular weight excluding hydrogens is 563 g/mol. The van der Waals surface area contributed by atoms with E-state index in [9.17, 15) is 18.8 Å². The van der Waals surface area contributed by atoms with Gasteiger partial charge < -0.3 is 20.0 Å². The lowest BCUT2D eigenvalue weighted by Gasteiger charge is -2.39. The number of carbonyl (C=O) groups is 3. The highest BCUT2D eigenvalue weighted by molar-refractivity contribution is 6.30. The molecule has 2 aromatic carbocycles. The topological polar surface area (TPSA) is 105 Å². The lowest BCUT2D eigenvalue weighted by Crippen LogP contribution is -2.49. The van der Waals surface area contributed by atoms with Gasteiger partial charge in [0.1, 0.15) is 5.82 Å². The van der Waals surface area contributed by atoms with Gasteiger partial charge in [-0.25, -0.2) is 18.8 Å². The van der Waals surface area contributed by atoms with Gasteiger partial charge in [-0.15, -0.1) is 0 Å². The van der Waals surface area contributed by atoms with Gasteiger partial charge in [-0.05, 0) is 61.2 Å². The van der Waals surface area contributed by atoms with Crippen LogP contribution < -0.4 is 0 Å². The second kappa shape index (κ2) is 14.1. The molecule has 1 aliphatic carbocycles. The molecule has 0 radical (unpaired) electrons. The van der Waals surface area contributed by atoms with Crippen molar-refractivity contribution in [3.05, 3.63) is 82.1 Å². The van der Waals surface area contributed by atoms with Crippen molar-refractivity contribution in [1.82, 2.24) is 19.6 Å². The monoisotopic (exact) mass is 600 g/mol. The van der Waals surface area contributed by atoms with Gasteiger partial charge in [-0.1, -0.05) is 29.8 Å². The number of fused-ring (bicyclic) bond motifs is 1. The summed E-state index contributed by atoms with van der Waals surface area (Å²) in [6.45, 7) is 11.5. The maximum absolute atomic E-state index is 14.0. The van der Waals surface area contributed by atoms with Crippen molar-refractivity contribution in [2.45, 2.75) is 38.3 Å². The number of amides is 2. The van der Waals surface area contributed by atoms with Gasteiger partial charge in [-0.3, -0.25) is 9.80 Å². The van der Waals surface area contributed by atoms with Crippen LogP contribution in [0.5, 0.6) is 0 Å². The summed E-state index contributed by atoms with van der Waals surface area (Å²) in [7, 11) is 0. The van der Waals surface area contributed by atoms with Crippen LogP contribution in [0.4, 0.5) is 9.18 Å². The Hall–Kier alpha value is -3.47. The average Bonchev–Trinajstić information content (AvgIpc) is 3.51. The van der Waals surface area contributed by atoms with Crippen LogP contribution in [0.1, 0.15) is 48.9 Å². The van der Waals surface area contributed by atoms with Crippen molar-refractivity contribution in [2.24, 2.45) is 0 Å². The maximum atomic E-state index is 14.0. The minimum Gasteiger partial charge on any atom is -0.478 e. The number of carbonyl (C=O) groups excluding carboxylic acids is 1. The molecule has 0 aromatic heterocycles. The highest BCUT2D eigenvalue weighted by atomic mass is 35.5. The Bertz CT molecular complexity index is 1300. The maximum Gasteiger partial charge on any atom is 0.328 e. The normalized spacial score (nSPS) is 21.1. The van der Waals surface area contributed by atoms with E-state index in [1.54, 1.807) is 12.1 Å². The third kappa shape index (κ3) is 7.87. The van der Waals surface area contributed by atoms with E-state index >= 15 is 0 Å². The number of urea groups is 1. The fraction of sp³-hybridized carbons (Fsp3) is 0.452. The number of carboxylic acids is 2. The highest BCUT2D eigenvalue weighted by Crippen LogP contribution is 2.47. The first-order valence-corrected chi connectivity index (χ1v) is 14.6. The first kappa shape index (κ1) is 31.5. The minimum atomic E-state index is -1.26. The largest absolute Gasteiger partial charge is 0.478 e. The number of aliphatic carboxylic acids is 2. The van der Waals surface area contributed by atoms with Crippen LogP contribution >= 0.6 is 11.6 Å². The average molecular weight is 601 g/mol. The SMILES string of the molecule is CC(C)N1CCN(CCN2CCN(C3CC(c4cccc(F)c4)c4cc(Cl)ccc43)CC2)C1=O.O=C(O)/C=C\C(=O)O. The fourth-order valence-electron chi connectivity index (χ4n) is 6.00. The summed E-state index contributed by atoms with van der Waals surface area (Å²) in [4.78, 5) is 40.7. The van der Waals surface area contributed by atoms with Crippen LogP contribution in [-0.2, 0) is 9.59 Å². The van der Waals surface area contributed by atoms with E-state index in [-0.39, 0.29) is 23.8 Å². The van der Waals surface area contributed by atoms with Crippen molar-refractivity contribution >= 4 is 29.6 Å². The molecule has 2 aromatic rings. The highest BCUT2D eigenvalue weighted by Gasteiger charge is 2.37. The summed E-state index contributed by atoms with van der Waals surface area (Å²) in [6, 6.07) is 14.0. The molecule has 9 nitrogen and oxygen atoms in total. The predicted octanol–water partition coefficient (Wildman–Crippen LogP) is 4.53. The molecule has 2 unspecified atom stereocenters. The molecule has 11 heteroatoms. The van der Waals surface area contributed by atoms with Crippen molar-refractivity contribution in [1.29, 1.82) is 0 Å². The minimum absolute atomic E-state index is 0.164. The molecule has 226 valence electrons. The van der Waals surface area contributed by atoms with Crippen LogP contribution in [-0.4, -0.2) is 106 Å². The number of piperazine rings is 1. The van der Waals surface area contributed by atoms with Crippen molar-refractivity contribution in [2.75, 3.05) is 52.4 Å². The van der Waals surface area contributed by atoms with Gasteiger partial charge in [0.05, 0.1) is 0 Å². The van der Waals surface area contributed by atoms with Gasteiger partial charge >= 0.3 is 18.0 Å². The van der Waals surface area contributed by atoms with Crippen LogP contribution in [0, 0.1) is 5.82 Å². The van der Waals surface area contributed by atoms with Crippen LogP contribution in [0.2, 0.25) is 5.02 Å². The number of carboxylic acid groups (broad SMARTS) is 2. The molecule has 2 amide bonds. The third-order valence-corrected chi connectivity index (χ3v) is 8.38. The Morgan fingerprint density at radius 3 is 2.24 bits per heavy atom. The van der Waals surface area contributed by atoms with E-state index in [0.29, 0.717) is 18.2 Å². The molecule has 5 rings (SSSR count). The van der Waals surface area contributed by atoms with Gasteiger partial charge in [-0.2, -0.15) is 0 Å². The quantitative estimate of drug-likeness (QED) is 0.429. The van der Waals surface area contributed by atoms with Gasteiger partial charge in [0.15, 0.2) is 0 Å². The Labute approximate surface area is 250 Å². The zero-order chi connectivity index (χ0) is 30.4. The predicted molar refractivity (Wildman–Crippen MR) is 158 cm³/mol. The second-order valence-corrected chi connectivity index (χ2v) is 11.5. The summed E-state index contributed by atoms with van der Waals surface area (Å²) >= 11 is 6.36. The Kier molecular flexibility index (Phi) is 10.6. The third-order valence-electron chi connectivity index (χ3n) is 8.15. The van der Waals surface area contributed by atoms with Crippen LogP contribution in [0.3, 0.4) is 0 Å². The van der Waals surface area contributed by atoms with E-state index in [0.717, 1.165) is 69.4 Å². The van der Waals surface area contributed by atoms with Gasteiger partial charge in [0.25, 0.3) is 0 Å². The molecule has 2 heterocycles. The van der Waals surface area contributed by atoms with E-state index < -0.39 is 11.9 Å². The van der Waals surface area contributed by atoms with E-state index in [1.165, 1.54) is 17.2 Å². The Morgan fingerprint density at radius 1 is 0.952 bits per heavy atom. The molecule has 3 aliphatic rings. The first-order chi connectivity index (χ1) is 20.0. The number of hydrogen-bond acceptors (Lipinski definition) is 5. The summed E-state index contributed by atoms with van der Waals surface area (Å²) in [6.07, 6.45) is 2.07. The van der Waals surface area contributed by atoms with Crippen molar-refractivity contribution in [3.63, 3.8) is 0 Å². The zero-order valence-corrected chi connectivity index (χ0v) is 24.7. The van der Waals surface area contributed by atoms with E-state index in [2.05, 4.69) is 35.8 Å². The summed E-state index contributed by atoms with van der Waals surface area (Å²) in [5.41, 5.74) is 3.58. The Balaban J connectivity index is 0.000000446.